The second kappa shape index (κ2) is 6.35. The van der Waals surface area contributed by atoms with E-state index in [0.29, 0.717) is 11.5 Å². The highest BCUT2D eigenvalue weighted by atomic mass is 16.6. The topological polar surface area (TPSA) is 91.0 Å². The molecule has 7 nitrogen and oxygen atoms in total. The Morgan fingerprint density at radius 1 is 1.13 bits per heavy atom. The van der Waals surface area contributed by atoms with Crippen molar-refractivity contribution in [3.8, 4) is 0 Å². The van der Waals surface area contributed by atoms with Gasteiger partial charge in [0.2, 0.25) is 6.10 Å². The maximum Gasteiger partial charge on any atom is 0.359 e. The highest BCUT2D eigenvalue weighted by Gasteiger charge is 2.26. The molecule has 1 aromatic carbocycles. The third kappa shape index (κ3) is 3.39. The van der Waals surface area contributed by atoms with Crippen molar-refractivity contribution in [2.75, 3.05) is 0 Å². The fraction of sp³-hybridized carbons (Fsp3) is 0.188. The van der Waals surface area contributed by atoms with Gasteiger partial charge in [-0.15, -0.1) is 0 Å². The maximum absolute atomic E-state index is 12.3. The van der Waals surface area contributed by atoms with E-state index in [1.54, 1.807) is 13.8 Å². The summed E-state index contributed by atoms with van der Waals surface area (Å²) in [5, 5.41) is 3.75. The van der Waals surface area contributed by atoms with E-state index in [1.807, 2.05) is 30.3 Å². The lowest BCUT2D eigenvalue weighted by Crippen LogP contribution is -2.15. The van der Waals surface area contributed by atoms with Gasteiger partial charge >= 0.3 is 5.97 Å². The second-order valence-corrected chi connectivity index (χ2v) is 4.92. The Morgan fingerprint density at radius 2 is 1.91 bits per heavy atom. The number of benzene rings is 1. The Bertz CT molecular complexity index is 800. The molecule has 0 fully saturated rings. The van der Waals surface area contributed by atoms with Crippen LogP contribution in [0, 0.1) is 13.8 Å². The van der Waals surface area contributed by atoms with Gasteiger partial charge in [0, 0.05) is 11.8 Å². The SMILES string of the molecule is Cc1cnc(C(=O)O[C@H](c2ccccc2)c2nc(C)no2)cn1. The summed E-state index contributed by atoms with van der Waals surface area (Å²) in [6, 6.07) is 9.18. The van der Waals surface area contributed by atoms with Crippen molar-refractivity contribution >= 4 is 5.97 Å². The van der Waals surface area contributed by atoms with Crippen molar-refractivity contribution in [2.45, 2.75) is 20.0 Å². The van der Waals surface area contributed by atoms with Crippen LogP contribution in [0.4, 0.5) is 0 Å². The first-order valence-electron chi connectivity index (χ1n) is 6.98. The molecule has 2 aromatic heterocycles. The zero-order chi connectivity index (χ0) is 16.2. The molecule has 0 saturated carbocycles. The predicted octanol–water partition coefficient (Wildman–Crippen LogP) is 2.42. The van der Waals surface area contributed by atoms with Gasteiger partial charge in [0.1, 0.15) is 0 Å². The standard InChI is InChI=1S/C16H14N4O3/c1-10-8-18-13(9-17-10)16(21)22-14(12-6-4-3-5-7-12)15-19-11(2)20-23-15/h3-9,14H,1-2H3/t14-/m1/s1. The van der Waals surface area contributed by atoms with Crippen LogP contribution in [0.3, 0.4) is 0 Å². The number of hydrogen-bond donors (Lipinski definition) is 0. The summed E-state index contributed by atoms with van der Waals surface area (Å²) < 4.78 is 10.7. The number of nitrogens with zero attached hydrogens (tertiary/aromatic N) is 4. The molecule has 2 heterocycles. The molecule has 1 atom stereocenters. The van der Waals surface area contributed by atoms with Crippen molar-refractivity contribution in [3.05, 3.63) is 71.4 Å². The molecule has 0 N–H and O–H groups in total. The number of aryl methyl sites for hydroxylation is 2. The minimum absolute atomic E-state index is 0.118. The lowest BCUT2D eigenvalue weighted by atomic mass is 10.1. The smallest absolute Gasteiger partial charge is 0.359 e. The van der Waals surface area contributed by atoms with Crippen LogP contribution in [0.5, 0.6) is 0 Å². The lowest BCUT2D eigenvalue weighted by Gasteiger charge is -2.14. The molecule has 7 heteroatoms. The Kier molecular flexibility index (Phi) is 4.09. The van der Waals surface area contributed by atoms with Gasteiger partial charge in [-0.2, -0.15) is 4.98 Å². The van der Waals surface area contributed by atoms with Crippen molar-refractivity contribution in [1.29, 1.82) is 0 Å². The van der Waals surface area contributed by atoms with Crippen molar-refractivity contribution in [2.24, 2.45) is 0 Å². The molecule has 3 rings (SSSR count). The van der Waals surface area contributed by atoms with E-state index in [4.69, 9.17) is 9.26 Å². The number of hydrogen-bond acceptors (Lipinski definition) is 7. The largest absolute Gasteiger partial charge is 0.442 e. The summed E-state index contributed by atoms with van der Waals surface area (Å²) in [5.74, 6) is 0.0661. The average molecular weight is 310 g/mol. The Hall–Kier alpha value is -3.09. The first-order chi connectivity index (χ1) is 11.1. The third-order valence-electron chi connectivity index (χ3n) is 3.08. The zero-order valence-electron chi connectivity index (χ0n) is 12.6. The van der Waals surface area contributed by atoms with Gasteiger partial charge in [-0.25, -0.2) is 9.78 Å². The predicted molar refractivity (Wildman–Crippen MR) is 79.5 cm³/mol. The van der Waals surface area contributed by atoms with E-state index in [9.17, 15) is 4.79 Å². The fourth-order valence-electron chi connectivity index (χ4n) is 1.97. The quantitative estimate of drug-likeness (QED) is 0.683. The number of carbonyl (C=O) groups excluding carboxylic acids is 1. The van der Waals surface area contributed by atoms with Gasteiger partial charge in [0.05, 0.1) is 11.9 Å². The number of carbonyl (C=O) groups is 1. The molecule has 0 saturated heterocycles. The minimum atomic E-state index is -0.798. The maximum atomic E-state index is 12.3. The van der Waals surface area contributed by atoms with Crippen LogP contribution >= 0.6 is 0 Å². The molecule has 0 amide bonds. The molecule has 0 aliphatic rings. The monoisotopic (exact) mass is 310 g/mol. The van der Waals surface area contributed by atoms with E-state index in [2.05, 4.69) is 20.1 Å². The van der Waals surface area contributed by atoms with E-state index >= 15 is 0 Å². The van der Waals surface area contributed by atoms with Crippen LogP contribution < -0.4 is 0 Å². The molecule has 0 radical (unpaired) electrons. The van der Waals surface area contributed by atoms with Crippen molar-refractivity contribution in [3.63, 3.8) is 0 Å². The Morgan fingerprint density at radius 3 is 2.52 bits per heavy atom. The Labute approximate surface area is 132 Å². The lowest BCUT2D eigenvalue weighted by molar-refractivity contribution is 0.0307. The van der Waals surface area contributed by atoms with Crippen LogP contribution in [0.2, 0.25) is 0 Å². The summed E-state index contributed by atoms with van der Waals surface area (Å²) in [4.78, 5) is 24.5. The fourth-order valence-corrected chi connectivity index (χ4v) is 1.97. The normalized spacial score (nSPS) is 11.9. The molecule has 0 spiro atoms. The molecule has 116 valence electrons. The highest BCUT2D eigenvalue weighted by Crippen LogP contribution is 2.25. The van der Waals surface area contributed by atoms with Crippen molar-refractivity contribution in [1.82, 2.24) is 20.1 Å². The number of esters is 1. The summed E-state index contributed by atoms with van der Waals surface area (Å²) in [7, 11) is 0. The first-order valence-corrected chi connectivity index (χ1v) is 6.98. The van der Waals surface area contributed by atoms with Crippen LogP contribution in [0.1, 0.15) is 39.6 Å². The molecule has 0 bridgehead atoms. The molecule has 0 aliphatic carbocycles. The third-order valence-corrected chi connectivity index (χ3v) is 3.08. The Balaban J connectivity index is 1.90. The van der Waals surface area contributed by atoms with E-state index in [0.717, 1.165) is 5.56 Å². The summed E-state index contributed by atoms with van der Waals surface area (Å²) in [6.07, 6.45) is 2.08. The van der Waals surface area contributed by atoms with Crippen LogP contribution in [0.15, 0.2) is 47.2 Å². The zero-order valence-corrected chi connectivity index (χ0v) is 12.6. The van der Waals surface area contributed by atoms with Gasteiger partial charge in [-0.05, 0) is 13.8 Å². The summed E-state index contributed by atoms with van der Waals surface area (Å²) >= 11 is 0. The molecule has 0 aliphatic heterocycles. The van der Waals surface area contributed by atoms with Gasteiger partial charge in [0.25, 0.3) is 5.89 Å². The molecule has 23 heavy (non-hydrogen) atoms. The number of aromatic nitrogens is 4. The van der Waals surface area contributed by atoms with Gasteiger partial charge in [-0.1, -0.05) is 35.5 Å². The number of ether oxygens (including phenoxy) is 1. The van der Waals surface area contributed by atoms with Gasteiger partial charge in [0.15, 0.2) is 11.5 Å². The molecular formula is C16H14N4O3. The van der Waals surface area contributed by atoms with Crippen molar-refractivity contribution < 1.29 is 14.1 Å². The molecule has 0 unspecified atom stereocenters. The first kappa shape index (κ1) is 14.8. The second-order valence-electron chi connectivity index (χ2n) is 4.92. The van der Waals surface area contributed by atoms with Gasteiger partial charge in [-0.3, -0.25) is 4.98 Å². The molecule has 3 aromatic rings. The minimum Gasteiger partial charge on any atom is -0.442 e. The summed E-state index contributed by atoms with van der Waals surface area (Å²) in [6.45, 7) is 3.48. The van der Waals surface area contributed by atoms with E-state index < -0.39 is 12.1 Å². The van der Waals surface area contributed by atoms with Gasteiger partial charge < -0.3 is 9.26 Å². The highest BCUT2D eigenvalue weighted by molar-refractivity contribution is 5.87. The van der Waals surface area contributed by atoms with Crippen LogP contribution in [0.25, 0.3) is 0 Å². The summed E-state index contributed by atoms with van der Waals surface area (Å²) in [5.41, 5.74) is 1.56. The van der Waals surface area contributed by atoms with E-state index in [1.165, 1.54) is 12.4 Å². The van der Waals surface area contributed by atoms with Crippen LogP contribution in [-0.4, -0.2) is 26.1 Å². The average Bonchev–Trinajstić information content (AvgIpc) is 3.00. The van der Waals surface area contributed by atoms with Crippen LogP contribution in [-0.2, 0) is 4.74 Å². The number of rotatable bonds is 4. The molecular weight excluding hydrogens is 296 g/mol. The van der Waals surface area contributed by atoms with E-state index in [-0.39, 0.29) is 11.6 Å².